The van der Waals surface area contributed by atoms with Gasteiger partial charge in [0.2, 0.25) is 5.91 Å². The van der Waals surface area contributed by atoms with Gasteiger partial charge in [-0.05, 0) is 44.2 Å². The molecule has 28 heavy (non-hydrogen) atoms. The molecule has 0 unspecified atom stereocenters. The highest BCUT2D eigenvalue weighted by molar-refractivity contribution is 6.31. The standard InChI is InChI=1S/C20H19ClFN3O3/c1-3-23(4-2)18(26)12-24-17-11-13(21)9-10-14(17)19(27)25(20(24)28)16-8-6-5-7-15(16)22/h5-11H,3-4,12H2,1-2H3. The van der Waals surface area contributed by atoms with E-state index in [4.69, 9.17) is 11.6 Å². The molecule has 0 aliphatic rings. The zero-order chi connectivity index (χ0) is 20.4. The van der Waals surface area contributed by atoms with Crippen molar-refractivity contribution >= 4 is 28.4 Å². The lowest BCUT2D eigenvalue weighted by Crippen LogP contribution is -2.43. The molecule has 1 heterocycles. The number of carbonyl (C=O) groups is 1. The summed E-state index contributed by atoms with van der Waals surface area (Å²) in [7, 11) is 0. The van der Waals surface area contributed by atoms with Crippen molar-refractivity contribution in [2.75, 3.05) is 13.1 Å². The fourth-order valence-electron chi connectivity index (χ4n) is 3.15. The third-order valence-electron chi connectivity index (χ3n) is 4.61. The van der Waals surface area contributed by atoms with Gasteiger partial charge in [-0.2, -0.15) is 0 Å². The van der Waals surface area contributed by atoms with Gasteiger partial charge in [0.05, 0.1) is 16.6 Å². The number of amides is 1. The second-order valence-electron chi connectivity index (χ2n) is 6.19. The summed E-state index contributed by atoms with van der Waals surface area (Å²) in [6, 6.07) is 9.94. The summed E-state index contributed by atoms with van der Waals surface area (Å²) in [5.41, 5.74) is -1.41. The van der Waals surface area contributed by atoms with Gasteiger partial charge in [0.15, 0.2) is 0 Å². The largest absolute Gasteiger partial charge is 0.342 e. The third-order valence-corrected chi connectivity index (χ3v) is 4.84. The molecule has 0 aliphatic carbocycles. The number of carbonyl (C=O) groups excluding carboxylic acids is 1. The zero-order valence-electron chi connectivity index (χ0n) is 15.5. The number of rotatable bonds is 5. The van der Waals surface area contributed by atoms with Crippen molar-refractivity contribution in [3.05, 3.63) is 74.1 Å². The Hall–Kier alpha value is -2.93. The van der Waals surface area contributed by atoms with Crippen molar-refractivity contribution < 1.29 is 9.18 Å². The van der Waals surface area contributed by atoms with E-state index < -0.39 is 17.1 Å². The topological polar surface area (TPSA) is 64.3 Å². The van der Waals surface area contributed by atoms with Gasteiger partial charge in [-0.15, -0.1) is 0 Å². The number of hydrogen-bond acceptors (Lipinski definition) is 3. The molecule has 0 saturated carbocycles. The average Bonchev–Trinajstić information content (AvgIpc) is 2.67. The van der Waals surface area contributed by atoms with E-state index in [1.165, 1.54) is 42.5 Å². The summed E-state index contributed by atoms with van der Waals surface area (Å²) in [6.07, 6.45) is 0. The number of para-hydroxylation sites is 1. The summed E-state index contributed by atoms with van der Waals surface area (Å²) >= 11 is 6.05. The fourth-order valence-corrected chi connectivity index (χ4v) is 3.32. The minimum atomic E-state index is -0.801. The highest BCUT2D eigenvalue weighted by atomic mass is 35.5. The molecule has 0 spiro atoms. The quantitative estimate of drug-likeness (QED) is 0.658. The normalized spacial score (nSPS) is 11.0. The van der Waals surface area contributed by atoms with Crippen molar-refractivity contribution in [1.82, 2.24) is 14.0 Å². The fraction of sp³-hybridized carbons (Fsp3) is 0.250. The Morgan fingerprint density at radius 2 is 1.79 bits per heavy atom. The molecule has 1 amide bonds. The van der Waals surface area contributed by atoms with Crippen LogP contribution in [0, 0.1) is 5.82 Å². The maximum atomic E-state index is 14.3. The molecule has 0 N–H and O–H groups in total. The van der Waals surface area contributed by atoms with Crippen LogP contribution in [0.1, 0.15) is 13.8 Å². The van der Waals surface area contributed by atoms with Gasteiger partial charge in [0, 0.05) is 18.1 Å². The van der Waals surface area contributed by atoms with E-state index in [1.807, 2.05) is 13.8 Å². The molecule has 6 nitrogen and oxygen atoms in total. The Balaban J connectivity index is 2.34. The molecule has 8 heteroatoms. The Kier molecular flexibility index (Phi) is 5.65. The Bertz CT molecular complexity index is 1170. The molecule has 0 fully saturated rings. The van der Waals surface area contributed by atoms with Crippen LogP contribution >= 0.6 is 11.6 Å². The van der Waals surface area contributed by atoms with Gasteiger partial charge in [0.1, 0.15) is 12.4 Å². The van der Waals surface area contributed by atoms with Crippen molar-refractivity contribution in [3.8, 4) is 5.69 Å². The first-order chi connectivity index (χ1) is 13.4. The van der Waals surface area contributed by atoms with E-state index >= 15 is 0 Å². The van der Waals surface area contributed by atoms with E-state index in [2.05, 4.69) is 0 Å². The first-order valence-electron chi connectivity index (χ1n) is 8.86. The van der Waals surface area contributed by atoms with Gasteiger partial charge >= 0.3 is 5.69 Å². The van der Waals surface area contributed by atoms with Crippen LogP contribution in [0.2, 0.25) is 5.02 Å². The molecular formula is C20H19ClFN3O3. The van der Waals surface area contributed by atoms with Crippen LogP contribution in [-0.4, -0.2) is 33.0 Å². The number of halogens is 2. The molecule has 0 bridgehead atoms. The van der Waals surface area contributed by atoms with Crippen LogP contribution in [-0.2, 0) is 11.3 Å². The van der Waals surface area contributed by atoms with Crippen molar-refractivity contribution in [2.24, 2.45) is 0 Å². The molecule has 1 aromatic heterocycles. The van der Waals surface area contributed by atoms with Gasteiger partial charge in [-0.3, -0.25) is 14.2 Å². The molecule has 2 aromatic carbocycles. The SMILES string of the molecule is CCN(CC)C(=O)Cn1c(=O)n(-c2ccccc2F)c(=O)c2ccc(Cl)cc21. The predicted octanol–water partition coefficient (Wildman–Crippen LogP) is 2.81. The van der Waals surface area contributed by atoms with E-state index in [-0.39, 0.29) is 29.0 Å². The molecule has 0 aliphatic heterocycles. The van der Waals surface area contributed by atoms with Crippen LogP contribution in [0.15, 0.2) is 52.1 Å². The number of nitrogens with zero attached hydrogens (tertiary/aromatic N) is 3. The molecule has 146 valence electrons. The molecule has 0 saturated heterocycles. The van der Waals surface area contributed by atoms with Crippen LogP contribution in [0.3, 0.4) is 0 Å². The number of likely N-dealkylation sites (N-methyl/N-ethyl adjacent to an activating group) is 1. The Morgan fingerprint density at radius 3 is 2.43 bits per heavy atom. The van der Waals surface area contributed by atoms with E-state index in [1.54, 1.807) is 4.90 Å². The van der Waals surface area contributed by atoms with Crippen molar-refractivity contribution in [3.63, 3.8) is 0 Å². The van der Waals surface area contributed by atoms with E-state index in [0.717, 1.165) is 9.13 Å². The second kappa shape index (κ2) is 7.98. The van der Waals surface area contributed by atoms with Crippen LogP contribution in [0.5, 0.6) is 0 Å². The maximum absolute atomic E-state index is 14.3. The van der Waals surface area contributed by atoms with Crippen LogP contribution in [0.4, 0.5) is 4.39 Å². The maximum Gasteiger partial charge on any atom is 0.336 e. The minimum Gasteiger partial charge on any atom is -0.342 e. The third kappa shape index (κ3) is 3.45. The molecule has 3 aromatic rings. The van der Waals surface area contributed by atoms with Gasteiger partial charge in [-0.1, -0.05) is 23.7 Å². The molecule has 3 rings (SSSR count). The summed E-state index contributed by atoms with van der Waals surface area (Å²) < 4.78 is 16.2. The Morgan fingerprint density at radius 1 is 1.11 bits per heavy atom. The lowest BCUT2D eigenvalue weighted by molar-refractivity contribution is -0.131. The van der Waals surface area contributed by atoms with Gasteiger partial charge in [-0.25, -0.2) is 13.8 Å². The zero-order valence-corrected chi connectivity index (χ0v) is 16.2. The lowest BCUT2D eigenvalue weighted by atomic mass is 10.2. The first kappa shape index (κ1) is 19.8. The van der Waals surface area contributed by atoms with Crippen LogP contribution in [0.25, 0.3) is 16.6 Å². The lowest BCUT2D eigenvalue weighted by Gasteiger charge is -2.20. The van der Waals surface area contributed by atoms with Crippen molar-refractivity contribution in [2.45, 2.75) is 20.4 Å². The summed E-state index contributed by atoms with van der Waals surface area (Å²) in [6.45, 7) is 4.34. The molecular weight excluding hydrogens is 385 g/mol. The monoisotopic (exact) mass is 403 g/mol. The van der Waals surface area contributed by atoms with E-state index in [9.17, 15) is 18.8 Å². The molecule has 0 atom stereocenters. The van der Waals surface area contributed by atoms with Crippen LogP contribution < -0.4 is 11.2 Å². The van der Waals surface area contributed by atoms with Gasteiger partial charge < -0.3 is 4.90 Å². The second-order valence-corrected chi connectivity index (χ2v) is 6.62. The minimum absolute atomic E-state index is 0.166. The smallest absolute Gasteiger partial charge is 0.336 e. The first-order valence-corrected chi connectivity index (χ1v) is 9.24. The summed E-state index contributed by atoms with van der Waals surface area (Å²) in [5.74, 6) is -0.997. The number of hydrogen-bond donors (Lipinski definition) is 0. The Labute approximate surface area is 165 Å². The highest BCUT2D eigenvalue weighted by Crippen LogP contribution is 2.17. The van der Waals surface area contributed by atoms with Gasteiger partial charge in [0.25, 0.3) is 5.56 Å². The highest BCUT2D eigenvalue weighted by Gasteiger charge is 2.20. The number of fused-ring (bicyclic) bond motifs is 1. The summed E-state index contributed by atoms with van der Waals surface area (Å²) in [4.78, 5) is 40.3. The van der Waals surface area contributed by atoms with Crippen molar-refractivity contribution in [1.29, 1.82) is 0 Å². The number of benzene rings is 2. The molecule has 0 radical (unpaired) electrons. The van der Waals surface area contributed by atoms with E-state index in [0.29, 0.717) is 18.1 Å². The average molecular weight is 404 g/mol. The summed E-state index contributed by atoms with van der Waals surface area (Å²) in [5, 5.41) is 0.485. The number of aromatic nitrogens is 2. The predicted molar refractivity (Wildman–Crippen MR) is 107 cm³/mol.